The number of benzene rings is 1. The highest BCUT2D eigenvalue weighted by Gasteiger charge is 2.28. The average Bonchev–Trinajstić information content (AvgIpc) is 3.47. The summed E-state index contributed by atoms with van der Waals surface area (Å²) in [6, 6.07) is 13.8. The van der Waals surface area contributed by atoms with Gasteiger partial charge in [0, 0.05) is 25.3 Å². The van der Waals surface area contributed by atoms with Gasteiger partial charge in [-0.3, -0.25) is 4.79 Å². The summed E-state index contributed by atoms with van der Waals surface area (Å²) in [4.78, 5) is 14.9. The molecule has 1 aliphatic rings. The summed E-state index contributed by atoms with van der Waals surface area (Å²) in [6.45, 7) is 4.64. The molecule has 1 amide bonds. The zero-order chi connectivity index (χ0) is 18.6. The number of amides is 1. The van der Waals surface area contributed by atoms with Crippen LogP contribution in [0.3, 0.4) is 0 Å². The van der Waals surface area contributed by atoms with Gasteiger partial charge in [-0.05, 0) is 43.7 Å². The Morgan fingerprint density at radius 1 is 1.30 bits per heavy atom. The van der Waals surface area contributed by atoms with Crippen LogP contribution in [0.4, 0.5) is 0 Å². The number of carbonyl (C=O) groups is 1. The zero-order valence-electron chi connectivity index (χ0n) is 15.5. The van der Waals surface area contributed by atoms with Crippen molar-refractivity contribution in [2.24, 2.45) is 0 Å². The summed E-state index contributed by atoms with van der Waals surface area (Å²) in [7, 11) is 0. The third-order valence-corrected chi connectivity index (χ3v) is 4.91. The first-order valence-corrected chi connectivity index (χ1v) is 9.48. The standard InChI is InChI=1S/C21H24N4O2/c1-2-12-24(18-10-11-22-14-18)21(26)20-9-8-19(27-20)16-13-23-25(15-16)17-6-4-3-5-7-17/h3-9,13,15,18,22H,2,10-12,14H2,1H3/t18-/m1/s1. The molecule has 6 nitrogen and oxygen atoms in total. The molecule has 0 radical (unpaired) electrons. The minimum Gasteiger partial charge on any atom is -0.451 e. The van der Waals surface area contributed by atoms with Crippen molar-refractivity contribution < 1.29 is 9.21 Å². The number of furan rings is 1. The molecule has 1 saturated heterocycles. The highest BCUT2D eigenvalue weighted by Crippen LogP contribution is 2.24. The van der Waals surface area contributed by atoms with Crippen LogP contribution in [0.1, 0.15) is 30.3 Å². The maximum Gasteiger partial charge on any atom is 0.289 e. The van der Waals surface area contributed by atoms with E-state index in [0.29, 0.717) is 11.5 Å². The van der Waals surface area contributed by atoms with E-state index < -0.39 is 0 Å². The number of hydrogen-bond donors (Lipinski definition) is 1. The van der Waals surface area contributed by atoms with Gasteiger partial charge in [0.2, 0.25) is 0 Å². The van der Waals surface area contributed by atoms with Gasteiger partial charge in [-0.15, -0.1) is 0 Å². The first-order valence-electron chi connectivity index (χ1n) is 9.48. The molecule has 2 aromatic heterocycles. The molecule has 0 saturated carbocycles. The lowest BCUT2D eigenvalue weighted by Gasteiger charge is -2.27. The molecule has 1 N–H and O–H groups in total. The van der Waals surface area contributed by atoms with Crippen LogP contribution in [0.5, 0.6) is 0 Å². The van der Waals surface area contributed by atoms with E-state index in [0.717, 1.165) is 43.7 Å². The third kappa shape index (κ3) is 3.66. The number of nitrogens with one attached hydrogen (secondary N) is 1. The van der Waals surface area contributed by atoms with Gasteiger partial charge >= 0.3 is 0 Å². The van der Waals surface area contributed by atoms with Gasteiger partial charge in [0.25, 0.3) is 5.91 Å². The number of carbonyl (C=O) groups excluding carboxylic acids is 1. The second kappa shape index (κ2) is 7.80. The highest BCUT2D eigenvalue weighted by molar-refractivity contribution is 5.92. The fourth-order valence-corrected chi connectivity index (χ4v) is 3.52. The lowest BCUT2D eigenvalue weighted by atomic mass is 10.2. The van der Waals surface area contributed by atoms with Crippen LogP contribution in [0.15, 0.2) is 59.3 Å². The molecule has 0 aliphatic carbocycles. The van der Waals surface area contributed by atoms with Crippen molar-refractivity contribution in [1.82, 2.24) is 20.0 Å². The van der Waals surface area contributed by atoms with Crippen molar-refractivity contribution in [1.29, 1.82) is 0 Å². The Morgan fingerprint density at radius 3 is 2.89 bits per heavy atom. The van der Waals surface area contributed by atoms with Gasteiger partial charge in [0.15, 0.2) is 5.76 Å². The third-order valence-electron chi connectivity index (χ3n) is 4.91. The summed E-state index contributed by atoms with van der Waals surface area (Å²) in [5.74, 6) is 1.01. The molecular weight excluding hydrogens is 340 g/mol. The summed E-state index contributed by atoms with van der Waals surface area (Å²) in [5.41, 5.74) is 1.83. The summed E-state index contributed by atoms with van der Waals surface area (Å²) < 4.78 is 7.70. The molecule has 1 fully saturated rings. The van der Waals surface area contributed by atoms with Gasteiger partial charge in [-0.1, -0.05) is 25.1 Å². The summed E-state index contributed by atoms with van der Waals surface area (Å²) >= 11 is 0. The lowest BCUT2D eigenvalue weighted by molar-refractivity contribution is 0.0660. The van der Waals surface area contributed by atoms with Gasteiger partial charge in [-0.25, -0.2) is 4.68 Å². The van der Waals surface area contributed by atoms with E-state index in [1.165, 1.54) is 0 Å². The molecule has 1 atom stereocenters. The van der Waals surface area contributed by atoms with E-state index in [-0.39, 0.29) is 11.9 Å². The first kappa shape index (κ1) is 17.5. The first-order chi connectivity index (χ1) is 13.3. The van der Waals surface area contributed by atoms with Gasteiger partial charge < -0.3 is 14.6 Å². The molecule has 27 heavy (non-hydrogen) atoms. The van der Waals surface area contributed by atoms with Crippen molar-refractivity contribution in [2.75, 3.05) is 19.6 Å². The average molecular weight is 364 g/mol. The van der Waals surface area contributed by atoms with Crippen molar-refractivity contribution in [3.63, 3.8) is 0 Å². The number of nitrogens with zero attached hydrogens (tertiary/aromatic N) is 3. The van der Waals surface area contributed by atoms with E-state index >= 15 is 0 Å². The minimum absolute atomic E-state index is 0.0350. The number of rotatable bonds is 6. The fraction of sp³-hybridized carbons (Fsp3) is 0.333. The van der Waals surface area contributed by atoms with Crippen molar-refractivity contribution in [3.05, 3.63) is 60.6 Å². The smallest absolute Gasteiger partial charge is 0.289 e. The fourth-order valence-electron chi connectivity index (χ4n) is 3.52. The molecule has 6 heteroatoms. The Labute approximate surface area is 158 Å². The Kier molecular flexibility index (Phi) is 5.07. The van der Waals surface area contributed by atoms with Crippen LogP contribution in [-0.4, -0.2) is 46.3 Å². The summed E-state index contributed by atoms with van der Waals surface area (Å²) in [5, 5.41) is 7.73. The van der Waals surface area contributed by atoms with Crippen molar-refractivity contribution >= 4 is 5.91 Å². The molecule has 3 aromatic rings. The van der Waals surface area contributed by atoms with Gasteiger partial charge in [-0.2, -0.15) is 5.10 Å². The van der Waals surface area contributed by atoms with Crippen molar-refractivity contribution in [2.45, 2.75) is 25.8 Å². The van der Waals surface area contributed by atoms with Gasteiger partial charge in [0.1, 0.15) is 5.76 Å². The highest BCUT2D eigenvalue weighted by atomic mass is 16.4. The van der Waals surface area contributed by atoms with Crippen LogP contribution in [0, 0.1) is 0 Å². The molecule has 0 unspecified atom stereocenters. The SMILES string of the molecule is CCCN(C(=O)c1ccc(-c2cnn(-c3ccccc3)c2)o1)[C@@H]1CCNC1. The minimum atomic E-state index is -0.0350. The molecule has 0 bridgehead atoms. The van der Waals surface area contributed by atoms with Crippen molar-refractivity contribution in [3.8, 4) is 17.0 Å². The van der Waals surface area contributed by atoms with Crippen LogP contribution in [-0.2, 0) is 0 Å². The van der Waals surface area contributed by atoms with E-state index in [4.69, 9.17) is 4.42 Å². The van der Waals surface area contributed by atoms with E-state index in [1.54, 1.807) is 16.9 Å². The van der Waals surface area contributed by atoms with E-state index in [2.05, 4.69) is 17.3 Å². The quantitative estimate of drug-likeness (QED) is 0.729. The monoisotopic (exact) mass is 364 g/mol. The Bertz CT molecular complexity index is 894. The zero-order valence-corrected chi connectivity index (χ0v) is 15.5. The van der Waals surface area contributed by atoms with Crippen LogP contribution in [0.2, 0.25) is 0 Å². The van der Waals surface area contributed by atoms with E-state index in [1.807, 2.05) is 47.5 Å². The predicted octanol–water partition coefficient (Wildman–Crippen LogP) is 3.35. The largest absolute Gasteiger partial charge is 0.451 e. The normalized spacial score (nSPS) is 16.6. The Hall–Kier alpha value is -2.86. The van der Waals surface area contributed by atoms with Crippen LogP contribution >= 0.6 is 0 Å². The Balaban J connectivity index is 1.54. The molecule has 0 spiro atoms. The second-order valence-corrected chi connectivity index (χ2v) is 6.82. The number of aromatic nitrogens is 2. The van der Waals surface area contributed by atoms with Crippen LogP contribution in [0.25, 0.3) is 17.0 Å². The van der Waals surface area contributed by atoms with Crippen LogP contribution < -0.4 is 5.32 Å². The molecule has 3 heterocycles. The molecular formula is C21H24N4O2. The molecule has 4 rings (SSSR count). The molecule has 1 aromatic carbocycles. The summed E-state index contributed by atoms with van der Waals surface area (Å²) in [6.07, 6.45) is 5.58. The van der Waals surface area contributed by atoms with E-state index in [9.17, 15) is 4.79 Å². The maximum atomic E-state index is 13.0. The second-order valence-electron chi connectivity index (χ2n) is 6.82. The lowest BCUT2D eigenvalue weighted by Crippen LogP contribution is -2.41. The molecule has 1 aliphatic heterocycles. The molecule has 140 valence electrons. The number of para-hydroxylation sites is 1. The van der Waals surface area contributed by atoms with Gasteiger partial charge in [0.05, 0.1) is 17.4 Å². The topological polar surface area (TPSA) is 63.3 Å². The Morgan fingerprint density at radius 2 is 2.15 bits per heavy atom. The predicted molar refractivity (Wildman–Crippen MR) is 104 cm³/mol. The number of hydrogen-bond acceptors (Lipinski definition) is 4. The maximum absolute atomic E-state index is 13.0.